The number of methoxy groups -OCH3 is 2. The van der Waals surface area contributed by atoms with E-state index in [9.17, 15) is 0 Å². The van der Waals surface area contributed by atoms with E-state index in [1.807, 2.05) is 42.5 Å². The lowest BCUT2D eigenvalue weighted by Crippen LogP contribution is -1.98. The van der Waals surface area contributed by atoms with Crippen LogP contribution in [0.4, 0.5) is 0 Å². The number of para-hydroxylation sites is 1. The normalized spacial score (nSPS) is 11.0. The summed E-state index contributed by atoms with van der Waals surface area (Å²) in [5.74, 6) is 1.84. The highest BCUT2D eigenvalue weighted by atomic mass is 79.9. The quantitative estimate of drug-likeness (QED) is 0.496. The molecule has 0 spiro atoms. The number of hydrogen-bond donors (Lipinski definition) is 1. The second kappa shape index (κ2) is 7.62. The lowest BCUT2D eigenvalue weighted by atomic mass is 10.2. The Balaban J connectivity index is 2.06. The zero-order valence-electron chi connectivity index (χ0n) is 13.6. The molecule has 0 amide bonds. The fourth-order valence-electron chi connectivity index (χ4n) is 2.35. The molecule has 0 unspecified atom stereocenters. The molecule has 3 rings (SSSR count). The molecule has 1 aromatic heterocycles. The van der Waals surface area contributed by atoms with Gasteiger partial charge in [0, 0.05) is 15.6 Å². The first kappa shape index (κ1) is 17.4. The molecule has 2 aromatic carbocycles. The molecule has 0 aliphatic carbocycles. The van der Waals surface area contributed by atoms with Crippen molar-refractivity contribution < 1.29 is 9.47 Å². The summed E-state index contributed by atoms with van der Waals surface area (Å²) in [7, 11) is 3.18. The largest absolute Gasteiger partial charge is 0.493 e. The predicted molar refractivity (Wildman–Crippen MR) is 103 cm³/mol. The number of benzene rings is 2. The molecular formula is C17H15BrN4O2S. The topological polar surface area (TPSA) is 64.4 Å². The van der Waals surface area contributed by atoms with Crippen LogP contribution in [-0.2, 0) is 0 Å². The van der Waals surface area contributed by atoms with Gasteiger partial charge in [0.2, 0.25) is 4.77 Å². The van der Waals surface area contributed by atoms with Gasteiger partial charge in [0.05, 0.1) is 20.4 Å². The van der Waals surface area contributed by atoms with E-state index in [0.29, 0.717) is 22.1 Å². The minimum atomic E-state index is 0.392. The molecule has 0 aliphatic rings. The Bertz CT molecular complexity index is 981. The SMILES string of the molecule is COc1cccc(/C=N\n2c(-c3ccccc3Br)n[nH]c2=S)c1OC. The van der Waals surface area contributed by atoms with Crippen LogP contribution in [-0.4, -0.2) is 35.3 Å². The zero-order chi connectivity index (χ0) is 17.8. The maximum absolute atomic E-state index is 5.42. The van der Waals surface area contributed by atoms with Crippen molar-refractivity contribution in [3.8, 4) is 22.9 Å². The number of aromatic amines is 1. The van der Waals surface area contributed by atoms with Crippen molar-refractivity contribution in [2.45, 2.75) is 0 Å². The maximum atomic E-state index is 5.42. The van der Waals surface area contributed by atoms with E-state index in [4.69, 9.17) is 21.7 Å². The Kier molecular flexibility index (Phi) is 5.30. The zero-order valence-corrected chi connectivity index (χ0v) is 16.0. The number of rotatable bonds is 5. The smallest absolute Gasteiger partial charge is 0.216 e. The number of aromatic nitrogens is 3. The lowest BCUT2D eigenvalue weighted by Gasteiger charge is -2.09. The first-order valence-corrected chi connectivity index (χ1v) is 8.53. The number of hydrogen-bond acceptors (Lipinski definition) is 5. The average molecular weight is 419 g/mol. The summed E-state index contributed by atoms with van der Waals surface area (Å²) in [4.78, 5) is 0. The van der Waals surface area contributed by atoms with Gasteiger partial charge in [-0.3, -0.25) is 0 Å². The van der Waals surface area contributed by atoms with Crippen LogP contribution in [0.25, 0.3) is 11.4 Å². The van der Waals surface area contributed by atoms with Crippen LogP contribution in [0.2, 0.25) is 0 Å². The highest BCUT2D eigenvalue weighted by Gasteiger charge is 2.12. The van der Waals surface area contributed by atoms with Crippen LogP contribution < -0.4 is 9.47 Å². The van der Waals surface area contributed by atoms with Gasteiger partial charge >= 0.3 is 0 Å². The number of nitrogens with zero attached hydrogens (tertiary/aromatic N) is 3. The van der Waals surface area contributed by atoms with Gasteiger partial charge in [-0.15, -0.1) is 0 Å². The fraction of sp³-hybridized carbons (Fsp3) is 0.118. The van der Waals surface area contributed by atoms with Gasteiger partial charge in [-0.2, -0.15) is 14.9 Å². The number of nitrogens with one attached hydrogen (secondary N) is 1. The lowest BCUT2D eigenvalue weighted by molar-refractivity contribution is 0.354. The monoisotopic (exact) mass is 418 g/mol. The van der Waals surface area contributed by atoms with E-state index in [1.165, 1.54) is 0 Å². The second-order valence-electron chi connectivity index (χ2n) is 4.97. The van der Waals surface area contributed by atoms with E-state index >= 15 is 0 Å². The molecule has 0 bridgehead atoms. The molecule has 1 N–H and O–H groups in total. The summed E-state index contributed by atoms with van der Waals surface area (Å²) in [6, 6.07) is 13.3. The van der Waals surface area contributed by atoms with E-state index in [-0.39, 0.29) is 0 Å². The molecule has 1 heterocycles. The summed E-state index contributed by atoms with van der Waals surface area (Å²) in [6.07, 6.45) is 1.66. The summed E-state index contributed by atoms with van der Waals surface area (Å²) in [5.41, 5.74) is 1.65. The van der Waals surface area contributed by atoms with Crippen molar-refractivity contribution in [2.24, 2.45) is 5.10 Å². The summed E-state index contributed by atoms with van der Waals surface area (Å²) in [6.45, 7) is 0. The van der Waals surface area contributed by atoms with Gasteiger partial charge in [0.25, 0.3) is 0 Å². The van der Waals surface area contributed by atoms with E-state index in [0.717, 1.165) is 15.6 Å². The second-order valence-corrected chi connectivity index (χ2v) is 6.21. The van der Waals surface area contributed by atoms with Crippen LogP contribution in [0.5, 0.6) is 11.5 Å². The number of H-pyrrole nitrogens is 1. The highest BCUT2D eigenvalue weighted by Crippen LogP contribution is 2.30. The molecule has 25 heavy (non-hydrogen) atoms. The summed E-state index contributed by atoms with van der Waals surface area (Å²) < 4.78 is 13.6. The van der Waals surface area contributed by atoms with Crippen LogP contribution >= 0.6 is 28.1 Å². The van der Waals surface area contributed by atoms with E-state index in [2.05, 4.69) is 31.2 Å². The Morgan fingerprint density at radius 3 is 2.68 bits per heavy atom. The standard InChI is InChI=1S/C17H15BrN4O2S/c1-23-14-9-5-6-11(15(14)24-2)10-19-22-16(20-21-17(22)25)12-7-3-4-8-13(12)18/h3-10H,1-2H3,(H,21,25)/b19-10-. The molecule has 128 valence electrons. The van der Waals surface area contributed by atoms with Gasteiger partial charge in [0.1, 0.15) is 0 Å². The molecule has 8 heteroatoms. The third-order valence-electron chi connectivity index (χ3n) is 3.51. The van der Waals surface area contributed by atoms with E-state index in [1.54, 1.807) is 25.1 Å². The Labute approximate surface area is 158 Å². The van der Waals surface area contributed by atoms with Crippen molar-refractivity contribution in [1.29, 1.82) is 0 Å². The molecule has 6 nitrogen and oxygen atoms in total. The van der Waals surface area contributed by atoms with Gasteiger partial charge in [0.15, 0.2) is 17.3 Å². The number of ether oxygens (including phenoxy) is 2. The molecule has 0 radical (unpaired) electrons. The first-order valence-electron chi connectivity index (χ1n) is 7.33. The minimum Gasteiger partial charge on any atom is -0.493 e. The molecule has 3 aromatic rings. The highest BCUT2D eigenvalue weighted by molar-refractivity contribution is 9.10. The third-order valence-corrected chi connectivity index (χ3v) is 4.47. The molecule has 0 saturated heterocycles. The van der Waals surface area contributed by atoms with Gasteiger partial charge in [-0.1, -0.05) is 34.1 Å². The predicted octanol–water partition coefficient (Wildman–Crippen LogP) is 4.27. The van der Waals surface area contributed by atoms with Crippen molar-refractivity contribution in [2.75, 3.05) is 14.2 Å². The molecule has 0 atom stereocenters. The van der Waals surface area contributed by atoms with Crippen LogP contribution in [0.3, 0.4) is 0 Å². The van der Waals surface area contributed by atoms with E-state index < -0.39 is 0 Å². The van der Waals surface area contributed by atoms with Gasteiger partial charge < -0.3 is 9.47 Å². The van der Waals surface area contributed by atoms with Crippen LogP contribution in [0, 0.1) is 4.77 Å². The molecule has 0 fully saturated rings. The minimum absolute atomic E-state index is 0.392. The van der Waals surface area contributed by atoms with Gasteiger partial charge in [-0.05, 0) is 36.5 Å². The molecule has 0 aliphatic heterocycles. The van der Waals surface area contributed by atoms with Crippen LogP contribution in [0.15, 0.2) is 52.0 Å². The first-order chi connectivity index (χ1) is 12.2. The van der Waals surface area contributed by atoms with Crippen molar-refractivity contribution in [1.82, 2.24) is 14.9 Å². The van der Waals surface area contributed by atoms with Crippen molar-refractivity contribution in [3.05, 3.63) is 57.3 Å². The Morgan fingerprint density at radius 2 is 1.96 bits per heavy atom. The Hall–Kier alpha value is -2.45. The number of halogens is 1. The fourth-order valence-corrected chi connectivity index (χ4v) is 2.99. The molecule has 0 saturated carbocycles. The van der Waals surface area contributed by atoms with Crippen molar-refractivity contribution >= 4 is 34.4 Å². The summed E-state index contributed by atoms with van der Waals surface area (Å²) in [5, 5.41) is 11.5. The van der Waals surface area contributed by atoms with Crippen LogP contribution in [0.1, 0.15) is 5.56 Å². The molecular weight excluding hydrogens is 404 g/mol. The average Bonchev–Trinajstić information content (AvgIpc) is 3.00. The maximum Gasteiger partial charge on any atom is 0.216 e. The van der Waals surface area contributed by atoms with Gasteiger partial charge in [-0.25, -0.2) is 5.10 Å². The van der Waals surface area contributed by atoms with Crippen molar-refractivity contribution in [3.63, 3.8) is 0 Å². The third kappa shape index (κ3) is 3.49. The summed E-state index contributed by atoms with van der Waals surface area (Å²) >= 11 is 8.83. The Morgan fingerprint density at radius 1 is 1.16 bits per heavy atom.